The lowest BCUT2D eigenvalue weighted by molar-refractivity contribution is 0.251. The Morgan fingerprint density at radius 1 is 1.24 bits per heavy atom. The molecule has 0 fully saturated rings. The van der Waals surface area contributed by atoms with Crippen LogP contribution in [0.5, 0.6) is 5.75 Å². The van der Waals surface area contributed by atoms with Gasteiger partial charge in [0.05, 0.1) is 12.8 Å². The zero-order chi connectivity index (χ0) is 15.2. The van der Waals surface area contributed by atoms with Crippen LogP contribution < -0.4 is 15.4 Å². The summed E-state index contributed by atoms with van der Waals surface area (Å²) in [6, 6.07) is 11.2. The van der Waals surface area contributed by atoms with Gasteiger partial charge in [0.15, 0.2) is 0 Å². The number of halogens is 1. The number of methoxy groups -OCH3 is 1. The van der Waals surface area contributed by atoms with E-state index in [4.69, 9.17) is 4.74 Å². The number of ether oxygens (including phenoxy) is 1. The topological polar surface area (TPSA) is 50.4 Å². The quantitative estimate of drug-likeness (QED) is 0.905. The molecule has 0 aromatic heterocycles. The second-order valence-corrected chi connectivity index (χ2v) is 4.64. The summed E-state index contributed by atoms with van der Waals surface area (Å²) in [5.74, 6) is 0.261. The van der Waals surface area contributed by atoms with Crippen LogP contribution in [0.25, 0.3) is 0 Å². The number of urea groups is 1. The van der Waals surface area contributed by atoms with Gasteiger partial charge in [0.2, 0.25) is 0 Å². The van der Waals surface area contributed by atoms with Crippen LogP contribution in [-0.4, -0.2) is 13.1 Å². The summed E-state index contributed by atoms with van der Waals surface area (Å²) in [4.78, 5) is 11.9. The van der Waals surface area contributed by atoms with Gasteiger partial charge in [0, 0.05) is 6.54 Å². The Hall–Kier alpha value is -2.56. The summed E-state index contributed by atoms with van der Waals surface area (Å²) in [6.45, 7) is 2.17. The van der Waals surface area contributed by atoms with Crippen LogP contribution >= 0.6 is 0 Å². The van der Waals surface area contributed by atoms with Crippen LogP contribution in [0.4, 0.5) is 14.9 Å². The highest BCUT2D eigenvalue weighted by molar-refractivity contribution is 5.91. The maximum Gasteiger partial charge on any atom is 0.319 e. The lowest BCUT2D eigenvalue weighted by Crippen LogP contribution is -2.28. The van der Waals surface area contributed by atoms with Crippen molar-refractivity contribution in [2.75, 3.05) is 12.4 Å². The lowest BCUT2D eigenvalue weighted by atomic mass is 10.2. The fourth-order valence-corrected chi connectivity index (χ4v) is 1.92. The molecular formula is C16H17FN2O2. The fourth-order valence-electron chi connectivity index (χ4n) is 1.92. The molecule has 0 radical (unpaired) electrons. The smallest absolute Gasteiger partial charge is 0.319 e. The minimum atomic E-state index is -0.372. The number of nitrogens with one attached hydrogen (secondary N) is 2. The van der Waals surface area contributed by atoms with E-state index in [0.29, 0.717) is 17.0 Å². The molecule has 21 heavy (non-hydrogen) atoms. The Kier molecular flexibility index (Phi) is 4.77. The molecule has 0 unspecified atom stereocenters. The predicted octanol–water partition coefficient (Wildman–Crippen LogP) is 3.46. The van der Waals surface area contributed by atoms with E-state index >= 15 is 0 Å². The fraction of sp³-hybridized carbons (Fsp3) is 0.188. The van der Waals surface area contributed by atoms with E-state index in [0.717, 1.165) is 5.56 Å². The van der Waals surface area contributed by atoms with E-state index in [1.165, 1.54) is 12.1 Å². The van der Waals surface area contributed by atoms with E-state index in [2.05, 4.69) is 10.6 Å². The molecule has 2 amide bonds. The van der Waals surface area contributed by atoms with Crippen molar-refractivity contribution in [3.8, 4) is 5.75 Å². The van der Waals surface area contributed by atoms with E-state index in [1.54, 1.807) is 25.3 Å². The van der Waals surface area contributed by atoms with E-state index in [9.17, 15) is 9.18 Å². The first kappa shape index (κ1) is 14.8. The van der Waals surface area contributed by atoms with E-state index in [1.807, 2.05) is 19.1 Å². The third kappa shape index (κ3) is 4.21. The zero-order valence-corrected chi connectivity index (χ0v) is 11.9. The summed E-state index contributed by atoms with van der Waals surface area (Å²) in [7, 11) is 1.54. The first-order chi connectivity index (χ1) is 10.1. The highest BCUT2D eigenvalue weighted by Gasteiger charge is 2.07. The van der Waals surface area contributed by atoms with Crippen molar-refractivity contribution in [2.24, 2.45) is 0 Å². The molecule has 0 aliphatic carbocycles. The molecule has 0 heterocycles. The van der Waals surface area contributed by atoms with Gasteiger partial charge in [-0.1, -0.05) is 18.2 Å². The van der Waals surface area contributed by atoms with Crippen molar-refractivity contribution in [3.63, 3.8) is 0 Å². The number of hydrogen-bond acceptors (Lipinski definition) is 2. The van der Waals surface area contributed by atoms with Gasteiger partial charge in [-0.25, -0.2) is 9.18 Å². The second kappa shape index (κ2) is 6.74. The molecular weight excluding hydrogens is 271 g/mol. The van der Waals surface area contributed by atoms with Crippen LogP contribution in [0.1, 0.15) is 11.1 Å². The van der Waals surface area contributed by atoms with Crippen molar-refractivity contribution >= 4 is 11.7 Å². The molecule has 0 aliphatic rings. The van der Waals surface area contributed by atoms with E-state index in [-0.39, 0.29) is 18.4 Å². The predicted molar refractivity (Wildman–Crippen MR) is 80.0 cm³/mol. The normalized spacial score (nSPS) is 10.0. The zero-order valence-electron chi connectivity index (χ0n) is 11.9. The monoisotopic (exact) mass is 288 g/mol. The minimum Gasteiger partial charge on any atom is -0.495 e. The van der Waals surface area contributed by atoms with Crippen LogP contribution in [0.3, 0.4) is 0 Å². The highest BCUT2D eigenvalue weighted by Crippen LogP contribution is 2.24. The molecule has 2 rings (SSSR count). The third-order valence-corrected chi connectivity index (χ3v) is 2.95. The summed E-state index contributed by atoms with van der Waals surface area (Å²) in [5, 5.41) is 5.39. The van der Waals surface area contributed by atoms with Gasteiger partial charge in [-0.3, -0.25) is 0 Å². The van der Waals surface area contributed by atoms with Crippen LogP contribution in [0.2, 0.25) is 0 Å². The van der Waals surface area contributed by atoms with Gasteiger partial charge in [0.1, 0.15) is 11.6 Å². The molecule has 2 N–H and O–H groups in total. The van der Waals surface area contributed by atoms with Gasteiger partial charge < -0.3 is 15.4 Å². The molecule has 2 aromatic carbocycles. The van der Waals surface area contributed by atoms with Crippen LogP contribution in [-0.2, 0) is 6.54 Å². The van der Waals surface area contributed by atoms with Crippen molar-refractivity contribution in [1.29, 1.82) is 0 Å². The number of benzene rings is 2. The second-order valence-electron chi connectivity index (χ2n) is 4.64. The Balaban J connectivity index is 1.97. The Morgan fingerprint density at radius 2 is 2.05 bits per heavy atom. The molecule has 0 saturated carbocycles. The van der Waals surface area contributed by atoms with Crippen molar-refractivity contribution in [2.45, 2.75) is 13.5 Å². The Labute approximate surface area is 122 Å². The summed E-state index contributed by atoms with van der Waals surface area (Å²) < 4.78 is 18.2. The minimum absolute atomic E-state index is 0.248. The van der Waals surface area contributed by atoms with Crippen molar-refractivity contribution in [3.05, 3.63) is 59.4 Å². The number of anilines is 1. The lowest BCUT2D eigenvalue weighted by Gasteiger charge is -2.12. The first-order valence-corrected chi connectivity index (χ1v) is 6.52. The van der Waals surface area contributed by atoms with E-state index < -0.39 is 0 Å². The average Bonchev–Trinajstić information content (AvgIpc) is 2.45. The Bertz CT molecular complexity index is 644. The molecule has 2 aromatic rings. The summed E-state index contributed by atoms with van der Waals surface area (Å²) in [6.07, 6.45) is 0. The SMILES string of the molecule is COc1ccc(C)cc1NC(=O)NCc1cccc(F)c1. The molecule has 0 saturated heterocycles. The number of hydrogen-bond donors (Lipinski definition) is 2. The van der Waals surface area contributed by atoms with Gasteiger partial charge in [-0.05, 0) is 42.3 Å². The molecule has 4 nitrogen and oxygen atoms in total. The molecule has 0 bridgehead atoms. The highest BCUT2D eigenvalue weighted by atomic mass is 19.1. The molecule has 0 aliphatic heterocycles. The summed E-state index contributed by atoms with van der Waals surface area (Å²) in [5.41, 5.74) is 2.30. The summed E-state index contributed by atoms with van der Waals surface area (Å²) >= 11 is 0. The standard InChI is InChI=1S/C16H17FN2O2/c1-11-6-7-15(21-2)14(8-11)19-16(20)18-10-12-4-3-5-13(17)9-12/h3-9H,10H2,1-2H3,(H2,18,19,20). The van der Waals surface area contributed by atoms with Crippen LogP contribution in [0, 0.1) is 12.7 Å². The molecule has 0 spiro atoms. The van der Waals surface area contributed by atoms with Gasteiger partial charge >= 0.3 is 6.03 Å². The number of carbonyl (C=O) groups is 1. The third-order valence-electron chi connectivity index (χ3n) is 2.95. The largest absolute Gasteiger partial charge is 0.495 e. The maximum atomic E-state index is 13.0. The number of aryl methyl sites for hydroxylation is 1. The number of amides is 2. The Morgan fingerprint density at radius 3 is 2.76 bits per heavy atom. The molecule has 110 valence electrons. The number of carbonyl (C=O) groups excluding carboxylic acids is 1. The van der Waals surface area contributed by atoms with Gasteiger partial charge in [-0.2, -0.15) is 0 Å². The van der Waals surface area contributed by atoms with Crippen molar-refractivity contribution in [1.82, 2.24) is 5.32 Å². The maximum absolute atomic E-state index is 13.0. The van der Waals surface area contributed by atoms with Gasteiger partial charge in [0.25, 0.3) is 0 Å². The molecule has 0 atom stereocenters. The number of rotatable bonds is 4. The molecule has 5 heteroatoms. The van der Waals surface area contributed by atoms with Crippen molar-refractivity contribution < 1.29 is 13.9 Å². The van der Waals surface area contributed by atoms with Crippen LogP contribution in [0.15, 0.2) is 42.5 Å². The first-order valence-electron chi connectivity index (χ1n) is 6.52. The van der Waals surface area contributed by atoms with Gasteiger partial charge in [-0.15, -0.1) is 0 Å². The average molecular weight is 288 g/mol.